The number of nitrogens with zero attached hydrogens (tertiary/aromatic N) is 4. The zero-order valence-electron chi connectivity index (χ0n) is 18.3. The van der Waals surface area contributed by atoms with Crippen molar-refractivity contribution < 1.29 is 40.3 Å². The van der Waals surface area contributed by atoms with E-state index in [9.17, 15) is 0 Å². The van der Waals surface area contributed by atoms with Gasteiger partial charge in [0.05, 0.1) is 27.4 Å². The second-order valence-electron chi connectivity index (χ2n) is 6.13. The average Bonchev–Trinajstić information content (AvgIpc) is 2.75. The molecule has 0 saturated carbocycles. The van der Waals surface area contributed by atoms with Gasteiger partial charge < -0.3 is 35.4 Å². The van der Waals surface area contributed by atoms with Gasteiger partial charge in [-0.2, -0.15) is 0 Å². The Kier molecular flexibility index (Phi) is 15.0. The van der Waals surface area contributed by atoms with E-state index in [1.54, 1.807) is 20.4 Å². The monoisotopic (exact) mass is 475 g/mol. The molecule has 0 bridgehead atoms. The molecule has 0 fully saturated rings. The lowest BCUT2D eigenvalue weighted by molar-refractivity contribution is -0.742. The number of hydrogen-bond donors (Lipinski definition) is 5. The fourth-order valence-electron chi connectivity index (χ4n) is 2.77. The summed E-state index contributed by atoms with van der Waals surface area (Å²) >= 11 is 0. The number of anilines is 1. The van der Waals surface area contributed by atoms with E-state index in [0.717, 1.165) is 36.1 Å². The summed E-state index contributed by atoms with van der Waals surface area (Å²) < 4.78 is 10.7. The molecule has 1 heterocycles. The molecule has 0 saturated heterocycles. The number of rotatable bonds is 11. The molecule has 0 spiro atoms. The summed E-state index contributed by atoms with van der Waals surface area (Å²) in [7, 11) is 3.23. The van der Waals surface area contributed by atoms with Crippen molar-refractivity contribution in [2.75, 3.05) is 58.9 Å². The first-order valence-electron chi connectivity index (χ1n) is 9.55. The molecular formula is C18H29N5O10. The van der Waals surface area contributed by atoms with Crippen LogP contribution in [0, 0.1) is 20.2 Å². The van der Waals surface area contributed by atoms with Crippen LogP contribution in [0.3, 0.4) is 0 Å². The average molecular weight is 475 g/mol. The summed E-state index contributed by atoms with van der Waals surface area (Å²) in [6.45, 7) is 2.89. The second kappa shape index (κ2) is 16.9. The van der Waals surface area contributed by atoms with E-state index < -0.39 is 10.2 Å². The third-order valence-electron chi connectivity index (χ3n) is 4.04. The van der Waals surface area contributed by atoms with Gasteiger partial charge in [0.2, 0.25) is 0 Å². The number of aliphatic hydroxyl groups excluding tert-OH is 2. The minimum atomic E-state index is -1.50. The highest BCUT2D eigenvalue weighted by Crippen LogP contribution is 2.34. The predicted molar refractivity (Wildman–Crippen MR) is 116 cm³/mol. The molecule has 186 valence electrons. The quantitative estimate of drug-likeness (QED) is 0.172. The molecule has 2 rings (SSSR count). The highest BCUT2D eigenvalue weighted by atomic mass is 16.9. The summed E-state index contributed by atoms with van der Waals surface area (Å²) in [6, 6.07) is 5.80. The van der Waals surface area contributed by atoms with Crippen molar-refractivity contribution in [1.29, 1.82) is 0 Å². The number of benzene rings is 1. The predicted octanol–water partition coefficient (Wildman–Crippen LogP) is 0.645. The molecule has 0 radical (unpaired) electrons. The molecule has 0 unspecified atom stereocenters. The van der Waals surface area contributed by atoms with E-state index in [1.165, 1.54) is 0 Å². The highest BCUT2D eigenvalue weighted by molar-refractivity contribution is 5.94. The number of nitrogens with one attached hydrogen (secondary N) is 1. The van der Waals surface area contributed by atoms with E-state index in [0.29, 0.717) is 24.6 Å². The van der Waals surface area contributed by atoms with Gasteiger partial charge in [-0.15, -0.1) is 20.2 Å². The molecule has 15 nitrogen and oxygen atoms in total. The van der Waals surface area contributed by atoms with Gasteiger partial charge in [0.15, 0.2) is 11.5 Å². The molecule has 0 atom stereocenters. The van der Waals surface area contributed by atoms with E-state index in [1.807, 2.05) is 23.1 Å². The molecule has 1 aromatic heterocycles. The largest absolute Gasteiger partial charge is 0.493 e. The van der Waals surface area contributed by atoms with Crippen LogP contribution < -0.4 is 14.8 Å². The van der Waals surface area contributed by atoms with Crippen molar-refractivity contribution in [3.63, 3.8) is 0 Å². The van der Waals surface area contributed by atoms with Gasteiger partial charge in [0.25, 0.3) is 10.2 Å². The van der Waals surface area contributed by atoms with Crippen LogP contribution in [0.4, 0.5) is 5.82 Å². The third-order valence-corrected chi connectivity index (χ3v) is 4.04. The van der Waals surface area contributed by atoms with E-state index in [4.69, 9.17) is 50.3 Å². The van der Waals surface area contributed by atoms with E-state index in [2.05, 4.69) is 10.3 Å². The second-order valence-corrected chi connectivity index (χ2v) is 6.13. The Morgan fingerprint density at radius 2 is 1.52 bits per heavy atom. The van der Waals surface area contributed by atoms with Crippen molar-refractivity contribution in [3.05, 3.63) is 44.6 Å². The van der Waals surface area contributed by atoms with Gasteiger partial charge in [0, 0.05) is 31.2 Å². The summed E-state index contributed by atoms with van der Waals surface area (Å²) in [6.07, 6.45) is 2.64. The third kappa shape index (κ3) is 12.7. The van der Waals surface area contributed by atoms with Crippen molar-refractivity contribution in [2.24, 2.45) is 0 Å². The molecule has 0 aliphatic carbocycles. The van der Waals surface area contributed by atoms with E-state index >= 15 is 0 Å². The van der Waals surface area contributed by atoms with Crippen molar-refractivity contribution in [3.8, 4) is 11.5 Å². The van der Waals surface area contributed by atoms with Crippen LogP contribution in [-0.4, -0.2) is 94.3 Å². The first-order valence-corrected chi connectivity index (χ1v) is 9.55. The first kappa shape index (κ1) is 29.3. The molecule has 33 heavy (non-hydrogen) atoms. The fourth-order valence-corrected chi connectivity index (χ4v) is 2.77. The number of aliphatic hydroxyl groups is 2. The molecule has 0 aliphatic heterocycles. The highest BCUT2D eigenvalue weighted by Gasteiger charge is 2.10. The molecular weight excluding hydrogens is 446 g/mol. The van der Waals surface area contributed by atoms with Gasteiger partial charge in [-0.1, -0.05) is 0 Å². The van der Waals surface area contributed by atoms with Crippen LogP contribution in [0.25, 0.3) is 10.8 Å². The topological polar surface area (TPSA) is 214 Å². The Hall–Kier alpha value is -3.69. The van der Waals surface area contributed by atoms with Crippen LogP contribution >= 0.6 is 0 Å². The summed E-state index contributed by atoms with van der Waals surface area (Å²) in [5.41, 5.74) is 0. The van der Waals surface area contributed by atoms with Crippen LogP contribution in [0.5, 0.6) is 11.5 Å². The Labute approximate surface area is 189 Å². The number of aromatic nitrogens is 1. The van der Waals surface area contributed by atoms with Crippen LogP contribution in [-0.2, 0) is 0 Å². The number of methoxy groups -OCH3 is 2. The van der Waals surface area contributed by atoms with Crippen molar-refractivity contribution in [1.82, 2.24) is 9.88 Å². The van der Waals surface area contributed by atoms with Gasteiger partial charge in [-0.05, 0) is 36.6 Å². The van der Waals surface area contributed by atoms with Crippen molar-refractivity contribution in [2.45, 2.75) is 6.42 Å². The molecule has 15 heteroatoms. The van der Waals surface area contributed by atoms with Gasteiger partial charge in [0.1, 0.15) is 5.82 Å². The number of hydrogen-bond acceptors (Lipinski definition) is 11. The SMILES string of the molecule is COc1cc2ccnc(NCCCN(CCO)CCO)c2cc1OC.O=[N+]([O-])O.O=[N+]([O-])O. The van der Waals surface area contributed by atoms with Crippen molar-refractivity contribution >= 4 is 16.6 Å². The Bertz CT molecular complexity index is 829. The lowest BCUT2D eigenvalue weighted by Crippen LogP contribution is -2.31. The van der Waals surface area contributed by atoms with Crippen LogP contribution in [0.1, 0.15) is 6.42 Å². The molecule has 5 N–H and O–H groups in total. The molecule has 1 aromatic carbocycles. The zero-order valence-corrected chi connectivity index (χ0v) is 18.3. The maximum Gasteiger partial charge on any atom is 0.291 e. The Morgan fingerprint density at radius 3 is 2.00 bits per heavy atom. The minimum Gasteiger partial charge on any atom is -0.493 e. The number of pyridine rings is 1. The fraction of sp³-hybridized carbons (Fsp3) is 0.500. The molecule has 0 amide bonds. The lowest BCUT2D eigenvalue weighted by atomic mass is 10.1. The maximum atomic E-state index is 9.04. The van der Waals surface area contributed by atoms with Gasteiger partial charge in [-0.25, -0.2) is 4.98 Å². The lowest BCUT2D eigenvalue weighted by Gasteiger charge is -2.20. The van der Waals surface area contributed by atoms with Crippen LogP contribution in [0.2, 0.25) is 0 Å². The van der Waals surface area contributed by atoms with E-state index in [-0.39, 0.29) is 13.2 Å². The first-order chi connectivity index (χ1) is 15.7. The normalized spacial score (nSPS) is 9.85. The number of fused-ring (bicyclic) bond motifs is 1. The summed E-state index contributed by atoms with van der Waals surface area (Å²) in [5, 5.41) is 50.7. The molecule has 0 aliphatic rings. The minimum absolute atomic E-state index is 0.0972. The Balaban J connectivity index is 0.00000111. The van der Waals surface area contributed by atoms with Gasteiger partial charge >= 0.3 is 0 Å². The zero-order chi connectivity index (χ0) is 25.2. The summed E-state index contributed by atoms with van der Waals surface area (Å²) in [4.78, 5) is 23.2. The number of ether oxygens (including phenoxy) is 2. The molecule has 2 aromatic rings. The maximum absolute atomic E-state index is 9.04. The summed E-state index contributed by atoms with van der Waals surface area (Å²) in [5.74, 6) is 2.16. The Morgan fingerprint density at radius 1 is 1.00 bits per heavy atom. The standard InChI is InChI=1S/C18H27N3O4.2HNO3/c1-24-16-12-14-4-6-20-18(15(14)13-17(16)25-2)19-5-3-7-21(8-10-22)9-11-23;2*2-1(3)4/h4,6,12-13,22-23H,3,5,7-11H2,1-2H3,(H,19,20);2*(H,2,3,4). The smallest absolute Gasteiger partial charge is 0.291 e. The van der Waals surface area contributed by atoms with Crippen LogP contribution in [0.15, 0.2) is 24.4 Å². The van der Waals surface area contributed by atoms with Gasteiger partial charge in [-0.3, -0.25) is 4.90 Å².